The quantitative estimate of drug-likeness (QED) is 0.116. The molecule has 0 N–H and O–H groups in total. The van der Waals surface area contributed by atoms with Gasteiger partial charge in [0.15, 0.2) is 0 Å². The Kier molecular flexibility index (Phi) is 21.6. The van der Waals surface area contributed by atoms with Crippen molar-refractivity contribution in [3.8, 4) is 137 Å². The first-order valence-electron chi connectivity index (χ1n) is 39.0. The van der Waals surface area contributed by atoms with E-state index in [0.717, 1.165) is 197 Å². The van der Waals surface area contributed by atoms with Crippen molar-refractivity contribution in [2.24, 2.45) is 0 Å². The summed E-state index contributed by atoms with van der Waals surface area (Å²) in [7, 11) is 0. The Labute approximate surface area is 732 Å². The number of nitrogens with zero attached hydrogens (tertiary/aromatic N) is 6. The molecule has 12 heterocycles. The van der Waals surface area contributed by atoms with E-state index in [2.05, 4.69) is 178 Å². The van der Waals surface area contributed by atoms with Crippen LogP contribution < -0.4 is 77.8 Å². The zero-order chi connectivity index (χ0) is 78.8. The average Bonchev–Trinajstić information content (AvgIpc) is 0.732. The predicted octanol–water partition coefficient (Wildman–Crippen LogP) is 17.6. The van der Waals surface area contributed by atoms with E-state index in [-0.39, 0.29) is 103 Å². The fraction of sp³-hybridized carbons (Fsp3) is 0.160. The van der Waals surface area contributed by atoms with Gasteiger partial charge in [0.1, 0.15) is 46.0 Å². The van der Waals surface area contributed by atoms with Gasteiger partial charge >= 0.3 is 68.0 Å². The molecule has 15 aromatic rings. The molecule has 582 valence electrons. The van der Waals surface area contributed by atoms with Crippen LogP contribution in [0.15, 0.2) is 249 Å². The zero-order valence-electron chi connectivity index (χ0n) is 67.0. The molecule has 6 aromatic heterocycles. The maximum Gasteiger partial charge on any atom is 2.00 e. The minimum absolute atomic E-state index is 0. The number of pyridine rings is 6. The van der Waals surface area contributed by atoms with Crippen LogP contribution in [0.25, 0.3) is 67.5 Å². The van der Waals surface area contributed by atoms with Crippen LogP contribution in [0, 0.1) is 36.4 Å². The Hall–Kier alpha value is -11.1. The molecule has 0 saturated heterocycles. The molecule has 0 radical (unpaired) electrons. The Morgan fingerprint density at radius 1 is 0.263 bits per heavy atom. The molecule has 0 unspecified atom stereocenters. The summed E-state index contributed by atoms with van der Waals surface area (Å²) in [5.41, 5.74) is 23.7. The smallest absolute Gasteiger partial charge is 0.503 e. The molecule has 0 aliphatic carbocycles. The van der Waals surface area contributed by atoms with Crippen LogP contribution in [0.5, 0.6) is 69.0 Å². The van der Waals surface area contributed by atoms with E-state index < -0.39 is 0 Å². The first kappa shape index (κ1) is 80.6. The van der Waals surface area contributed by atoms with E-state index in [4.69, 9.17) is 48.4 Å². The molecular formula is C100H77B3N6O6Pd3. The van der Waals surface area contributed by atoms with Crippen LogP contribution in [-0.4, -0.2) is 50.0 Å². The second kappa shape index (κ2) is 31.6. The van der Waals surface area contributed by atoms with Gasteiger partial charge in [-0.25, -0.2) is 0 Å². The van der Waals surface area contributed by atoms with Gasteiger partial charge < -0.3 is 58.3 Å². The van der Waals surface area contributed by atoms with Gasteiger partial charge in [-0.15, -0.1) is 189 Å². The summed E-state index contributed by atoms with van der Waals surface area (Å²) >= 11 is 0. The summed E-state index contributed by atoms with van der Waals surface area (Å²) in [6.07, 6.45) is 7.36. The number of aromatic nitrogens is 6. The van der Waals surface area contributed by atoms with Crippen molar-refractivity contribution in [2.75, 3.05) is 0 Å². The zero-order valence-corrected chi connectivity index (χ0v) is 71.6. The number of hydrogen-bond donors (Lipinski definition) is 0. The van der Waals surface area contributed by atoms with E-state index in [1.807, 2.05) is 188 Å². The largest absolute Gasteiger partial charge is 2.00 e. The van der Waals surface area contributed by atoms with Crippen molar-refractivity contribution in [3.05, 3.63) is 308 Å². The molecule has 0 bridgehead atoms. The summed E-state index contributed by atoms with van der Waals surface area (Å²) in [6, 6.07) is 96.1. The topological polar surface area (TPSA) is 133 Å². The van der Waals surface area contributed by atoms with Crippen LogP contribution in [0.4, 0.5) is 0 Å². The van der Waals surface area contributed by atoms with Crippen molar-refractivity contribution in [1.29, 1.82) is 0 Å². The Morgan fingerprint density at radius 2 is 0.585 bits per heavy atom. The van der Waals surface area contributed by atoms with Crippen molar-refractivity contribution in [3.63, 3.8) is 0 Å². The monoisotopic (exact) mass is 1810 g/mol. The molecule has 0 fully saturated rings. The molecular weight excluding hydrogens is 1730 g/mol. The summed E-state index contributed by atoms with van der Waals surface area (Å²) in [5, 5.41) is 0. The van der Waals surface area contributed by atoms with Crippen LogP contribution in [-0.2, 0) is 82.9 Å². The third-order valence-electron chi connectivity index (χ3n) is 22.0. The van der Waals surface area contributed by atoms with E-state index >= 15 is 0 Å². The maximum absolute atomic E-state index is 6.71. The third-order valence-corrected chi connectivity index (χ3v) is 22.0. The fourth-order valence-corrected chi connectivity index (χ4v) is 16.1. The second-order valence-electron chi connectivity index (χ2n) is 33.9. The minimum atomic E-state index is -0.261. The van der Waals surface area contributed by atoms with Gasteiger partial charge in [0.2, 0.25) is 13.4 Å². The number of fused-ring (bicyclic) bond motifs is 12. The van der Waals surface area contributed by atoms with Crippen molar-refractivity contribution < 1.29 is 89.7 Å². The molecule has 0 spiro atoms. The van der Waals surface area contributed by atoms with E-state index in [1.165, 1.54) is 11.1 Å². The van der Waals surface area contributed by atoms with Gasteiger partial charge in [0, 0.05) is 75.4 Å². The van der Waals surface area contributed by atoms with Crippen molar-refractivity contribution in [1.82, 2.24) is 29.9 Å². The van der Waals surface area contributed by atoms with E-state index in [0.29, 0.717) is 0 Å². The van der Waals surface area contributed by atoms with Crippen LogP contribution >= 0.6 is 0 Å². The standard InChI is InChI=1S/2C36H31BN2O2.C28H15BN2O2.3Pd/c1-35(2,3)24-20-26(22-14-9-7-10-15-22)38-33-31(24)40-28-18-13-19-29-30(28)37(33)34-32(41-29)25(36(4,5)6)21-27(39-34)23-16-11-8-12-17-23;1-35(2,3)24-14-16-38-28(20-24)22-10-12-30-26(18-22)37-27-19-23(29-21-25(15-17-39-29)36(4,5)6)11-13-31(27)41-33-9-7-8-32(40-30)34(33)37;1-3-14-30-22(6-1)18-10-12-24-20(16-18)29-21-17-19(23-7-2-4-15-31-23)11-13-25(21)33-27-9-5-8-26(32-24)28(27)29;;;/h7-14,16,18-21H,1-6H3;7-17,20-21H,1-6H3;1-15H;;;/q3*-2;3*+2. The summed E-state index contributed by atoms with van der Waals surface area (Å²) in [5.74, 6) is 9.51. The molecule has 6 aliphatic heterocycles. The summed E-state index contributed by atoms with van der Waals surface area (Å²) in [4.78, 5) is 29.1. The van der Waals surface area contributed by atoms with Gasteiger partial charge in [0.25, 0.3) is 0 Å². The summed E-state index contributed by atoms with van der Waals surface area (Å²) < 4.78 is 38.8. The molecule has 0 amide bonds. The normalized spacial score (nSPS) is 12.9. The number of hydrogen-bond acceptors (Lipinski definition) is 12. The Bertz CT molecular complexity index is 6030. The molecule has 12 nitrogen and oxygen atoms in total. The van der Waals surface area contributed by atoms with Crippen LogP contribution in [0.1, 0.15) is 105 Å². The molecule has 0 saturated carbocycles. The van der Waals surface area contributed by atoms with Gasteiger partial charge in [-0.3, -0.25) is 0 Å². The van der Waals surface area contributed by atoms with Gasteiger partial charge in [-0.2, -0.15) is 0 Å². The van der Waals surface area contributed by atoms with Crippen molar-refractivity contribution >= 4 is 69.6 Å². The van der Waals surface area contributed by atoms with Crippen LogP contribution in [0.3, 0.4) is 0 Å². The predicted molar refractivity (Wildman–Crippen MR) is 460 cm³/mol. The number of benzene rings is 9. The van der Waals surface area contributed by atoms with E-state index in [9.17, 15) is 0 Å². The molecule has 9 aromatic carbocycles. The molecule has 0 atom stereocenters. The van der Waals surface area contributed by atoms with Gasteiger partial charge in [-0.05, 0) is 139 Å². The fourth-order valence-electron chi connectivity index (χ4n) is 16.1. The van der Waals surface area contributed by atoms with Gasteiger partial charge in [0.05, 0.1) is 0 Å². The third kappa shape index (κ3) is 15.0. The number of rotatable bonds is 6. The van der Waals surface area contributed by atoms with Crippen LogP contribution in [0.2, 0.25) is 0 Å². The first-order valence-corrected chi connectivity index (χ1v) is 39.0. The Balaban J connectivity index is 0.000000131. The first-order chi connectivity index (χ1) is 55.5. The minimum Gasteiger partial charge on any atom is -0.503 e. The molecule has 21 rings (SSSR count). The SMILES string of the molecule is CC(C)(C)c1cc(-c2[c-]cccc2)nc2c1Oc1cccc3c1B2c1nc(-c2[c-]cccc2)cc(C(C)(C)C)c1O3.CC(C)(C)c1ccnc(-c2[c-]c3c(cc2)Oc2cccc4c2B3c2[c-]c(-c3cc(C(C)(C)C)ccn3)ccc2O4)c1.[Pd+2].[Pd+2].[Pd+2].[c-]1c(-c2ccccn2)ccc2c1B1c3[c-]c(-c4ccccn4)ccc3Oc3cccc(c31)O2. The second-order valence-corrected chi connectivity index (χ2v) is 33.9. The number of ether oxygens (including phenoxy) is 6. The Morgan fingerprint density at radius 3 is 0.898 bits per heavy atom. The van der Waals surface area contributed by atoms with E-state index in [1.54, 1.807) is 12.4 Å². The van der Waals surface area contributed by atoms with Crippen molar-refractivity contribution in [2.45, 2.75) is 105 Å². The molecule has 118 heavy (non-hydrogen) atoms. The molecule has 18 heteroatoms. The van der Waals surface area contributed by atoms with Gasteiger partial charge in [-0.1, -0.05) is 150 Å². The average molecular weight is 1810 g/mol. The molecule has 6 aliphatic rings. The summed E-state index contributed by atoms with van der Waals surface area (Å²) in [6.45, 7) is 26.1. The maximum atomic E-state index is 6.71.